The third kappa shape index (κ3) is 3.11. The summed E-state index contributed by atoms with van der Waals surface area (Å²) in [5.41, 5.74) is 2.77. The molecule has 0 radical (unpaired) electrons. The van der Waals surface area contributed by atoms with Crippen molar-refractivity contribution in [3.8, 4) is 0 Å². The summed E-state index contributed by atoms with van der Waals surface area (Å²) >= 11 is 0. The van der Waals surface area contributed by atoms with Gasteiger partial charge in [-0.2, -0.15) is 0 Å². The normalized spacial score (nSPS) is 10.6. The highest BCUT2D eigenvalue weighted by Crippen LogP contribution is 2.17. The van der Waals surface area contributed by atoms with Crippen LogP contribution in [0.25, 0.3) is 0 Å². The van der Waals surface area contributed by atoms with Gasteiger partial charge < -0.3 is 4.74 Å². The molecule has 0 unspecified atom stereocenters. The molecule has 0 fully saturated rings. The highest BCUT2D eigenvalue weighted by molar-refractivity contribution is 6.09. The molecule has 20 heavy (non-hydrogen) atoms. The molecule has 2 nitrogen and oxygen atoms in total. The first-order valence-corrected chi connectivity index (χ1v) is 6.51. The number of aryl methyl sites for hydroxylation is 1. The fourth-order valence-electron chi connectivity index (χ4n) is 2.09. The molecule has 0 saturated heterocycles. The number of ketones is 1. The van der Waals surface area contributed by atoms with Crippen LogP contribution in [0.15, 0.2) is 42.5 Å². The second-order valence-corrected chi connectivity index (χ2v) is 4.69. The lowest BCUT2D eigenvalue weighted by Gasteiger charge is -2.08. The van der Waals surface area contributed by atoms with Crippen molar-refractivity contribution in [2.24, 2.45) is 0 Å². The molecule has 2 aromatic rings. The van der Waals surface area contributed by atoms with E-state index in [9.17, 15) is 9.18 Å². The maximum absolute atomic E-state index is 13.7. The third-order valence-electron chi connectivity index (χ3n) is 3.31. The zero-order chi connectivity index (χ0) is 14.5. The Morgan fingerprint density at radius 2 is 1.95 bits per heavy atom. The lowest BCUT2D eigenvalue weighted by molar-refractivity contribution is 0.103. The number of rotatable bonds is 5. The fraction of sp³-hybridized carbons (Fsp3) is 0.235. The number of carbonyl (C=O) groups excluding carboxylic acids is 1. The van der Waals surface area contributed by atoms with E-state index >= 15 is 0 Å². The van der Waals surface area contributed by atoms with Gasteiger partial charge in [0.25, 0.3) is 0 Å². The molecule has 0 amide bonds. The van der Waals surface area contributed by atoms with Crippen LogP contribution in [0.5, 0.6) is 0 Å². The second kappa shape index (κ2) is 6.44. The molecule has 2 rings (SSSR count). The molecule has 0 N–H and O–H groups in total. The smallest absolute Gasteiger partial charge is 0.195 e. The van der Waals surface area contributed by atoms with E-state index in [1.807, 2.05) is 19.1 Å². The van der Waals surface area contributed by atoms with Crippen molar-refractivity contribution >= 4 is 5.78 Å². The number of methoxy groups -OCH3 is 1. The van der Waals surface area contributed by atoms with Crippen LogP contribution in [-0.4, -0.2) is 19.5 Å². The summed E-state index contributed by atoms with van der Waals surface area (Å²) < 4.78 is 18.7. The van der Waals surface area contributed by atoms with Crippen LogP contribution in [0.4, 0.5) is 4.39 Å². The summed E-state index contributed by atoms with van der Waals surface area (Å²) in [6.45, 7) is 2.58. The molecule has 3 heteroatoms. The lowest BCUT2D eigenvalue weighted by atomic mass is 9.97. The molecular weight excluding hydrogens is 255 g/mol. The zero-order valence-electron chi connectivity index (χ0n) is 11.7. The molecule has 0 heterocycles. The van der Waals surface area contributed by atoms with Gasteiger partial charge in [0, 0.05) is 12.7 Å². The number of carbonyl (C=O) groups is 1. The van der Waals surface area contributed by atoms with E-state index in [-0.39, 0.29) is 11.3 Å². The standard InChI is InChI=1S/C17H17FO2/c1-12-7-8-14(11-13(12)9-10-20-2)17(19)15-5-3-4-6-16(15)18/h3-8,11H,9-10H2,1-2H3. The van der Waals surface area contributed by atoms with Crippen LogP contribution in [-0.2, 0) is 11.2 Å². The first-order valence-electron chi connectivity index (χ1n) is 6.51. The van der Waals surface area contributed by atoms with Gasteiger partial charge in [0.15, 0.2) is 5.78 Å². The van der Waals surface area contributed by atoms with Crippen molar-refractivity contribution in [2.45, 2.75) is 13.3 Å². The van der Waals surface area contributed by atoms with Crippen molar-refractivity contribution < 1.29 is 13.9 Å². The summed E-state index contributed by atoms with van der Waals surface area (Å²) in [5.74, 6) is -0.779. The first-order chi connectivity index (χ1) is 9.63. The molecule has 0 spiro atoms. The van der Waals surface area contributed by atoms with Crippen molar-refractivity contribution in [2.75, 3.05) is 13.7 Å². The summed E-state index contributed by atoms with van der Waals surface area (Å²) in [6, 6.07) is 11.5. The summed E-state index contributed by atoms with van der Waals surface area (Å²) in [4.78, 5) is 12.3. The van der Waals surface area contributed by atoms with Gasteiger partial charge in [-0.3, -0.25) is 4.79 Å². The van der Waals surface area contributed by atoms with Gasteiger partial charge in [0.2, 0.25) is 0 Å². The fourth-order valence-corrected chi connectivity index (χ4v) is 2.09. The predicted molar refractivity (Wildman–Crippen MR) is 76.6 cm³/mol. The summed E-state index contributed by atoms with van der Waals surface area (Å²) in [5, 5.41) is 0. The molecule has 0 bridgehead atoms. The van der Waals surface area contributed by atoms with Gasteiger partial charge in [0.1, 0.15) is 5.82 Å². The Balaban J connectivity index is 2.33. The van der Waals surface area contributed by atoms with Crippen LogP contribution in [0.2, 0.25) is 0 Å². The molecule has 0 atom stereocenters. The van der Waals surface area contributed by atoms with Gasteiger partial charge >= 0.3 is 0 Å². The molecule has 0 saturated carbocycles. The predicted octanol–water partition coefficient (Wildman–Crippen LogP) is 3.55. The van der Waals surface area contributed by atoms with E-state index in [2.05, 4.69) is 0 Å². The maximum atomic E-state index is 13.7. The molecule has 104 valence electrons. The van der Waals surface area contributed by atoms with Crippen molar-refractivity contribution in [1.82, 2.24) is 0 Å². The number of benzene rings is 2. The van der Waals surface area contributed by atoms with E-state index in [1.165, 1.54) is 12.1 Å². The first kappa shape index (κ1) is 14.4. The van der Waals surface area contributed by atoms with E-state index in [0.717, 1.165) is 17.5 Å². The Morgan fingerprint density at radius 1 is 1.20 bits per heavy atom. The van der Waals surface area contributed by atoms with E-state index in [0.29, 0.717) is 12.2 Å². The Bertz CT molecular complexity index is 620. The van der Waals surface area contributed by atoms with E-state index in [1.54, 1.807) is 25.3 Å². The van der Waals surface area contributed by atoms with Gasteiger partial charge in [-0.25, -0.2) is 4.39 Å². The van der Waals surface area contributed by atoms with Crippen molar-refractivity contribution in [3.05, 3.63) is 70.5 Å². The number of hydrogen-bond donors (Lipinski definition) is 0. The Hall–Kier alpha value is -2.00. The highest BCUT2D eigenvalue weighted by atomic mass is 19.1. The zero-order valence-corrected chi connectivity index (χ0v) is 11.7. The van der Waals surface area contributed by atoms with Crippen LogP contribution >= 0.6 is 0 Å². The van der Waals surface area contributed by atoms with E-state index < -0.39 is 5.82 Å². The number of ether oxygens (including phenoxy) is 1. The second-order valence-electron chi connectivity index (χ2n) is 4.69. The monoisotopic (exact) mass is 272 g/mol. The van der Waals surface area contributed by atoms with Gasteiger partial charge in [-0.05, 0) is 42.7 Å². The highest BCUT2D eigenvalue weighted by Gasteiger charge is 2.14. The van der Waals surface area contributed by atoms with Gasteiger partial charge in [0.05, 0.1) is 12.2 Å². The largest absolute Gasteiger partial charge is 0.384 e. The molecular formula is C17H17FO2. The molecule has 0 aliphatic carbocycles. The third-order valence-corrected chi connectivity index (χ3v) is 3.31. The van der Waals surface area contributed by atoms with Gasteiger partial charge in [-0.1, -0.05) is 24.3 Å². The summed E-state index contributed by atoms with van der Waals surface area (Å²) in [6.07, 6.45) is 0.737. The Kier molecular flexibility index (Phi) is 4.64. The minimum Gasteiger partial charge on any atom is -0.384 e. The quantitative estimate of drug-likeness (QED) is 0.778. The van der Waals surface area contributed by atoms with Crippen LogP contribution in [0.1, 0.15) is 27.0 Å². The summed E-state index contributed by atoms with van der Waals surface area (Å²) in [7, 11) is 1.64. The Morgan fingerprint density at radius 3 is 2.65 bits per heavy atom. The minimum atomic E-state index is -0.489. The topological polar surface area (TPSA) is 26.3 Å². The Labute approximate surface area is 118 Å². The van der Waals surface area contributed by atoms with Gasteiger partial charge in [-0.15, -0.1) is 0 Å². The molecule has 2 aromatic carbocycles. The van der Waals surface area contributed by atoms with Crippen LogP contribution in [0, 0.1) is 12.7 Å². The molecule has 0 aliphatic heterocycles. The van der Waals surface area contributed by atoms with E-state index in [4.69, 9.17) is 4.74 Å². The number of halogens is 1. The van der Waals surface area contributed by atoms with Crippen molar-refractivity contribution in [1.29, 1.82) is 0 Å². The maximum Gasteiger partial charge on any atom is 0.195 e. The average Bonchev–Trinajstić information content (AvgIpc) is 2.46. The number of hydrogen-bond acceptors (Lipinski definition) is 2. The SMILES string of the molecule is COCCc1cc(C(=O)c2ccccc2F)ccc1C. The lowest BCUT2D eigenvalue weighted by Crippen LogP contribution is -2.06. The molecule has 0 aliphatic rings. The average molecular weight is 272 g/mol. The van der Waals surface area contributed by atoms with Crippen LogP contribution in [0.3, 0.4) is 0 Å². The van der Waals surface area contributed by atoms with Crippen LogP contribution < -0.4 is 0 Å². The van der Waals surface area contributed by atoms with Crippen molar-refractivity contribution in [3.63, 3.8) is 0 Å². The minimum absolute atomic E-state index is 0.106. The molecule has 0 aromatic heterocycles.